The van der Waals surface area contributed by atoms with Crippen molar-refractivity contribution >= 4 is 26.0 Å². The van der Waals surface area contributed by atoms with Gasteiger partial charge in [-0.3, -0.25) is 0 Å². The third kappa shape index (κ3) is 4.87. The van der Waals surface area contributed by atoms with E-state index in [1.807, 2.05) is 20.8 Å². The van der Waals surface area contributed by atoms with Crippen LogP contribution >= 0.6 is 15.9 Å². The van der Waals surface area contributed by atoms with Gasteiger partial charge in [0.25, 0.3) is 0 Å². The SMILES string of the molecule is CCCNCc1cc(S(=O)(=O)NC(C)(C)CC)c(Br)o1. The lowest BCUT2D eigenvalue weighted by atomic mass is 10.0. The van der Waals surface area contributed by atoms with Crippen molar-refractivity contribution in [1.82, 2.24) is 10.0 Å². The number of sulfonamides is 1. The molecule has 0 bridgehead atoms. The van der Waals surface area contributed by atoms with Gasteiger partial charge >= 0.3 is 0 Å². The average molecular weight is 367 g/mol. The summed E-state index contributed by atoms with van der Waals surface area (Å²) in [5, 5.41) is 3.17. The molecule has 1 heterocycles. The molecule has 1 rings (SSSR count). The number of hydrogen-bond donors (Lipinski definition) is 2. The van der Waals surface area contributed by atoms with Crippen LogP contribution in [0.4, 0.5) is 0 Å². The summed E-state index contributed by atoms with van der Waals surface area (Å²) in [5.41, 5.74) is -0.490. The Balaban J connectivity index is 2.90. The van der Waals surface area contributed by atoms with Crippen molar-refractivity contribution < 1.29 is 12.8 Å². The quantitative estimate of drug-likeness (QED) is 0.693. The molecular formula is C13H23BrN2O3S. The molecule has 5 nitrogen and oxygen atoms in total. The van der Waals surface area contributed by atoms with Gasteiger partial charge in [-0.25, -0.2) is 13.1 Å². The van der Waals surface area contributed by atoms with E-state index in [9.17, 15) is 8.42 Å². The first-order valence-corrected chi connectivity index (χ1v) is 9.02. The van der Waals surface area contributed by atoms with Gasteiger partial charge in [0, 0.05) is 11.6 Å². The van der Waals surface area contributed by atoms with Crippen LogP contribution in [0.1, 0.15) is 46.3 Å². The molecule has 20 heavy (non-hydrogen) atoms. The fraction of sp³-hybridized carbons (Fsp3) is 0.692. The van der Waals surface area contributed by atoms with E-state index in [1.165, 1.54) is 0 Å². The van der Waals surface area contributed by atoms with Crippen molar-refractivity contribution in [3.8, 4) is 0 Å². The van der Waals surface area contributed by atoms with Crippen LogP contribution in [0.2, 0.25) is 0 Å². The molecule has 0 aromatic carbocycles. The van der Waals surface area contributed by atoms with Crippen molar-refractivity contribution in [3.63, 3.8) is 0 Å². The Hall–Kier alpha value is -0.370. The summed E-state index contributed by atoms with van der Waals surface area (Å²) in [4.78, 5) is 0.146. The third-order valence-corrected chi connectivity index (χ3v) is 5.57. The van der Waals surface area contributed by atoms with Crippen LogP contribution in [0.15, 0.2) is 20.0 Å². The molecule has 0 aliphatic rings. The van der Waals surface area contributed by atoms with E-state index in [2.05, 4.69) is 32.9 Å². The Morgan fingerprint density at radius 3 is 2.55 bits per heavy atom. The first-order chi connectivity index (χ1) is 9.22. The van der Waals surface area contributed by atoms with E-state index in [-0.39, 0.29) is 9.56 Å². The van der Waals surface area contributed by atoms with Crippen LogP contribution in [-0.2, 0) is 16.6 Å². The standard InChI is InChI=1S/C13H23BrN2O3S/c1-5-7-15-9-10-8-11(12(14)19-10)20(17,18)16-13(3,4)6-2/h8,15-16H,5-7,9H2,1-4H3. The molecule has 116 valence electrons. The summed E-state index contributed by atoms with van der Waals surface area (Å²) in [7, 11) is -3.59. The molecule has 0 radical (unpaired) electrons. The molecule has 0 amide bonds. The van der Waals surface area contributed by atoms with Crippen LogP contribution < -0.4 is 10.0 Å². The van der Waals surface area contributed by atoms with Crippen LogP contribution in [0.5, 0.6) is 0 Å². The Bertz CT molecular complexity index is 538. The summed E-state index contributed by atoms with van der Waals surface area (Å²) < 4.78 is 33.1. The van der Waals surface area contributed by atoms with E-state index >= 15 is 0 Å². The molecule has 1 aromatic rings. The van der Waals surface area contributed by atoms with Crippen molar-refractivity contribution in [2.75, 3.05) is 6.54 Å². The van der Waals surface area contributed by atoms with Crippen LogP contribution in [0, 0.1) is 0 Å². The Kier molecular flexibility index (Phi) is 6.25. The summed E-state index contributed by atoms with van der Waals surface area (Å²) in [6.07, 6.45) is 1.71. The van der Waals surface area contributed by atoms with Gasteiger partial charge < -0.3 is 9.73 Å². The summed E-state index contributed by atoms with van der Waals surface area (Å²) in [5.74, 6) is 0.597. The van der Waals surface area contributed by atoms with Gasteiger partial charge in [0.15, 0.2) is 4.67 Å². The highest BCUT2D eigenvalue weighted by Gasteiger charge is 2.28. The lowest BCUT2D eigenvalue weighted by molar-refractivity contribution is 0.436. The topological polar surface area (TPSA) is 71.3 Å². The van der Waals surface area contributed by atoms with E-state index in [4.69, 9.17) is 4.42 Å². The molecule has 0 saturated carbocycles. The largest absolute Gasteiger partial charge is 0.452 e. The summed E-state index contributed by atoms with van der Waals surface area (Å²) >= 11 is 3.18. The molecule has 1 aromatic heterocycles. The highest BCUT2D eigenvalue weighted by atomic mass is 79.9. The first kappa shape index (κ1) is 17.7. The number of rotatable bonds is 8. The lowest BCUT2D eigenvalue weighted by Gasteiger charge is -2.23. The molecule has 0 fully saturated rings. The van der Waals surface area contributed by atoms with E-state index in [0.29, 0.717) is 18.7 Å². The molecule has 0 spiro atoms. The average Bonchev–Trinajstić information content (AvgIpc) is 2.70. The molecular weight excluding hydrogens is 344 g/mol. The molecule has 0 atom stereocenters. The molecule has 7 heteroatoms. The van der Waals surface area contributed by atoms with Gasteiger partial charge in [-0.15, -0.1) is 0 Å². The normalized spacial score (nSPS) is 12.8. The summed E-state index contributed by atoms with van der Waals surface area (Å²) in [6, 6.07) is 1.56. The zero-order valence-electron chi connectivity index (χ0n) is 12.4. The molecule has 2 N–H and O–H groups in total. The fourth-order valence-corrected chi connectivity index (χ4v) is 4.03. The summed E-state index contributed by atoms with van der Waals surface area (Å²) in [6.45, 7) is 9.08. The van der Waals surface area contributed by atoms with Gasteiger partial charge in [0.2, 0.25) is 10.0 Å². The minimum Gasteiger partial charge on any atom is -0.452 e. The number of nitrogens with one attached hydrogen (secondary N) is 2. The van der Waals surface area contributed by atoms with Gasteiger partial charge in [0.1, 0.15) is 10.7 Å². The molecule has 0 aliphatic carbocycles. The highest BCUT2D eigenvalue weighted by molar-refractivity contribution is 9.10. The number of furan rings is 1. The minimum absolute atomic E-state index is 0.146. The predicted octanol–water partition coefficient (Wildman–Crippen LogP) is 3.01. The number of halogens is 1. The van der Waals surface area contributed by atoms with Crippen LogP contribution in [0.25, 0.3) is 0 Å². The molecule has 0 saturated heterocycles. The van der Waals surface area contributed by atoms with Gasteiger partial charge in [0.05, 0.1) is 6.54 Å². The monoisotopic (exact) mass is 366 g/mol. The Morgan fingerprint density at radius 1 is 1.35 bits per heavy atom. The smallest absolute Gasteiger partial charge is 0.245 e. The third-order valence-electron chi connectivity index (χ3n) is 3.02. The van der Waals surface area contributed by atoms with Crippen molar-refractivity contribution in [1.29, 1.82) is 0 Å². The molecule has 0 aliphatic heterocycles. The predicted molar refractivity (Wildman–Crippen MR) is 83.1 cm³/mol. The fourth-order valence-electron chi connectivity index (χ4n) is 1.55. The second-order valence-electron chi connectivity index (χ2n) is 5.37. The van der Waals surface area contributed by atoms with Crippen molar-refractivity contribution in [2.24, 2.45) is 0 Å². The van der Waals surface area contributed by atoms with E-state index in [1.54, 1.807) is 6.07 Å². The zero-order chi connectivity index (χ0) is 15.4. The van der Waals surface area contributed by atoms with Crippen LogP contribution in [-0.4, -0.2) is 20.5 Å². The van der Waals surface area contributed by atoms with Crippen molar-refractivity contribution in [3.05, 3.63) is 16.5 Å². The minimum atomic E-state index is -3.59. The maximum Gasteiger partial charge on any atom is 0.245 e. The first-order valence-electron chi connectivity index (χ1n) is 6.74. The van der Waals surface area contributed by atoms with E-state index < -0.39 is 15.6 Å². The van der Waals surface area contributed by atoms with Crippen LogP contribution in [0.3, 0.4) is 0 Å². The maximum absolute atomic E-state index is 12.3. The number of hydrogen-bond acceptors (Lipinski definition) is 4. The van der Waals surface area contributed by atoms with Gasteiger partial charge in [-0.2, -0.15) is 0 Å². The maximum atomic E-state index is 12.3. The Morgan fingerprint density at radius 2 is 2.00 bits per heavy atom. The lowest BCUT2D eigenvalue weighted by Crippen LogP contribution is -2.42. The second kappa shape index (κ2) is 7.06. The second-order valence-corrected chi connectivity index (χ2v) is 7.74. The van der Waals surface area contributed by atoms with Gasteiger partial charge in [-0.05, 0) is 49.2 Å². The Labute approximate surface area is 129 Å². The zero-order valence-corrected chi connectivity index (χ0v) is 14.8. The van der Waals surface area contributed by atoms with Crippen molar-refractivity contribution in [2.45, 2.75) is 57.5 Å². The highest BCUT2D eigenvalue weighted by Crippen LogP contribution is 2.27. The van der Waals surface area contributed by atoms with Gasteiger partial charge in [-0.1, -0.05) is 13.8 Å². The van der Waals surface area contributed by atoms with E-state index in [0.717, 1.165) is 13.0 Å². The molecule has 0 unspecified atom stereocenters.